The monoisotopic (exact) mass is 475 g/mol. The number of benzene rings is 2. The first-order valence-corrected chi connectivity index (χ1v) is 12.0. The third kappa shape index (κ3) is 4.06. The van der Waals surface area contributed by atoms with Crippen LogP contribution in [0.25, 0.3) is 10.2 Å². The standard InChI is InChI=1S/C24H25N7O2S/c1-15-2-4-17-20(10-15)34-24(28-17)29-22-21(25)23(27-13-26-22)31-8-6-30(7-9-31)12-16-3-5-18-19(11-16)33-14-32-18/h2-5,10-11,13H,6-9,12,14,25H2,1H3,(H,26,27,28,29). The molecule has 2 aliphatic rings. The maximum atomic E-state index is 6.50. The van der Waals surface area contributed by atoms with E-state index in [1.54, 1.807) is 17.7 Å². The maximum absolute atomic E-state index is 6.50. The molecule has 0 saturated carbocycles. The first kappa shape index (κ1) is 20.9. The predicted molar refractivity (Wildman–Crippen MR) is 134 cm³/mol. The van der Waals surface area contributed by atoms with E-state index in [2.05, 4.69) is 61.3 Å². The molecule has 10 heteroatoms. The van der Waals surface area contributed by atoms with Crippen molar-refractivity contribution < 1.29 is 9.47 Å². The summed E-state index contributed by atoms with van der Waals surface area (Å²) in [6, 6.07) is 12.4. The number of thiazole rings is 1. The molecule has 9 nitrogen and oxygen atoms in total. The molecule has 2 aromatic heterocycles. The molecule has 0 unspecified atom stereocenters. The number of fused-ring (bicyclic) bond motifs is 2. The van der Waals surface area contributed by atoms with E-state index in [0.717, 1.165) is 65.4 Å². The molecule has 0 amide bonds. The largest absolute Gasteiger partial charge is 0.454 e. The van der Waals surface area contributed by atoms with Gasteiger partial charge in [-0.1, -0.05) is 23.5 Å². The number of aromatic nitrogens is 3. The van der Waals surface area contributed by atoms with Gasteiger partial charge in [0.05, 0.1) is 10.2 Å². The van der Waals surface area contributed by atoms with E-state index in [4.69, 9.17) is 15.2 Å². The second kappa shape index (κ2) is 8.62. The zero-order chi connectivity index (χ0) is 23.1. The van der Waals surface area contributed by atoms with E-state index < -0.39 is 0 Å². The predicted octanol–water partition coefficient (Wildman–Crippen LogP) is 3.77. The highest BCUT2D eigenvalue weighted by molar-refractivity contribution is 7.22. The highest BCUT2D eigenvalue weighted by atomic mass is 32.1. The Morgan fingerprint density at radius 2 is 1.88 bits per heavy atom. The summed E-state index contributed by atoms with van der Waals surface area (Å²) in [7, 11) is 0. The van der Waals surface area contributed by atoms with Crippen LogP contribution in [0.2, 0.25) is 0 Å². The average Bonchev–Trinajstić information content (AvgIpc) is 3.47. The zero-order valence-electron chi connectivity index (χ0n) is 18.8. The fourth-order valence-corrected chi connectivity index (χ4v) is 5.30. The molecule has 34 heavy (non-hydrogen) atoms. The lowest BCUT2D eigenvalue weighted by molar-refractivity contribution is 0.174. The molecule has 0 spiro atoms. The SMILES string of the molecule is Cc1ccc2nc(Nc3ncnc(N4CCN(Cc5ccc6c(c5)OCO6)CC4)c3N)sc2c1. The van der Waals surface area contributed by atoms with Crippen molar-refractivity contribution in [1.29, 1.82) is 0 Å². The van der Waals surface area contributed by atoms with Crippen LogP contribution in [0.5, 0.6) is 11.5 Å². The van der Waals surface area contributed by atoms with Crippen LogP contribution in [0.4, 0.5) is 22.5 Å². The van der Waals surface area contributed by atoms with Crippen LogP contribution >= 0.6 is 11.3 Å². The highest BCUT2D eigenvalue weighted by Crippen LogP contribution is 2.34. The van der Waals surface area contributed by atoms with Gasteiger partial charge in [0.1, 0.15) is 12.0 Å². The molecule has 0 aliphatic carbocycles. The minimum atomic E-state index is 0.299. The number of piperazine rings is 1. The van der Waals surface area contributed by atoms with E-state index in [0.29, 0.717) is 18.3 Å². The van der Waals surface area contributed by atoms with Gasteiger partial charge in [0, 0.05) is 32.7 Å². The number of aryl methyl sites for hydroxylation is 1. The summed E-state index contributed by atoms with van der Waals surface area (Å²) in [5.41, 5.74) is 10.4. The number of nitrogens with one attached hydrogen (secondary N) is 1. The summed E-state index contributed by atoms with van der Waals surface area (Å²) < 4.78 is 12.0. The lowest BCUT2D eigenvalue weighted by atomic mass is 10.1. The summed E-state index contributed by atoms with van der Waals surface area (Å²) in [4.78, 5) is 18.2. The Labute approximate surface area is 201 Å². The van der Waals surface area contributed by atoms with Crippen molar-refractivity contribution in [2.45, 2.75) is 13.5 Å². The van der Waals surface area contributed by atoms with Crippen molar-refractivity contribution in [1.82, 2.24) is 19.9 Å². The van der Waals surface area contributed by atoms with E-state index in [-0.39, 0.29) is 0 Å². The number of nitrogens with two attached hydrogens (primary N) is 1. The molecule has 6 rings (SSSR count). The lowest BCUT2D eigenvalue weighted by Gasteiger charge is -2.36. The molecule has 1 fully saturated rings. The Morgan fingerprint density at radius 3 is 2.76 bits per heavy atom. The van der Waals surface area contributed by atoms with E-state index in [1.165, 1.54) is 11.1 Å². The minimum absolute atomic E-state index is 0.299. The molecule has 0 atom stereocenters. The average molecular weight is 476 g/mol. The van der Waals surface area contributed by atoms with Gasteiger partial charge in [0.15, 0.2) is 28.3 Å². The fourth-order valence-electron chi connectivity index (χ4n) is 4.34. The van der Waals surface area contributed by atoms with Crippen LogP contribution in [-0.2, 0) is 6.54 Å². The number of rotatable bonds is 5. The normalized spacial score (nSPS) is 15.7. The van der Waals surface area contributed by atoms with E-state index >= 15 is 0 Å². The van der Waals surface area contributed by atoms with Gasteiger partial charge in [0.25, 0.3) is 0 Å². The molecular weight excluding hydrogens is 450 g/mol. The molecule has 4 heterocycles. The van der Waals surface area contributed by atoms with Gasteiger partial charge in [-0.3, -0.25) is 4.90 Å². The Balaban J connectivity index is 1.12. The number of nitrogens with zero attached hydrogens (tertiary/aromatic N) is 5. The van der Waals surface area contributed by atoms with Crippen molar-refractivity contribution in [3.63, 3.8) is 0 Å². The molecular formula is C24H25N7O2S. The summed E-state index contributed by atoms with van der Waals surface area (Å²) in [5, 5.41) is 4.06. The van der Waals surface area contributed by atoms with Gasteiger partial charge in [-0.05, 0) is 42.3 Å². The quantitative estimate of drug-likeness (QED) is 0.446. The Hall–Kier alpha value is -3.63. The van der Waals surface area contributed by atoms with Crippen molar-refractivity contribution in [2.24, 2.45) is 0 Å². The van der Waals surface area contributed by atoms with E-state index in [1.807, 2.05) is 12.1 Å². The van der Waals surface area contributed by atoms with Crippen molar-refractivity contribution in [3.8, 4) is 11.5 Å². The Morgan fingerprint density at radius 1 is 1.03 bits per heavy atom. The lowest BCUT2D eigenvalue weighted by Crippen LogP contribution is -2.46. The topological polar surface area (TPSA) is 102 Å². The minimum Gasteiger partial charge on any atom is -0.454 e. The van der Waals surface area contributed by atoms with E-state index in [9.17, 15) is 0 Å². The van der Waals surface area contributed by atoms with Crippen LogP contribution in [0.3, 0.4) is 0 Å². The van der Waals surface area contributed by atoms with Gasteiger partial charge in [-0.2, -0.15) is 0 Å². The highest BCUT2D eigenvalue weighted by Gasteiger charge is 2.22. The van der Waals surface area contributed by atoms with Crippen LogP contribution in [0, 0.1) is 6.92 Å². The van der Waals surface area contributed by atoms with Gasteiger partial charge < -0.3 is 25.4 Å². The third-order valence-corrected chi connectivity index (χ3v) is 7.08. The van der Waals surface area contributed by atoms with Gasteiger partial charge in [-0.25, -0.2) is 15.0 Å². The first-order chi connectivity index (χ1) is 16.6. The van der Waals surface area contributed by atoms with Gasteiger partial charge in [0.2, 0.25) is 6.79 Å². The molecule has 1 saturated heterocycles. The van der Waals surface area contributed by atoms with Gasteiger partial charge >= 0.3 is 0 Å². The number of anilines is 4. The summed E-state index contributed by atoms with van der Waals surface area (Å²) in [6.45, 7) is 6.75. The van der Waals surface area contributed by atoms with Crippen molar-refractivity contribution in [2.75, 3.05) is 48.9 Å². The molecule has 0 bridgehead atoms. The van der Waals surface area contributed by atoms with Crippen molar-refractivity contribution in [3.05, 3.63) is 53.9 Å². The summed E-state index contributed by atoms with van der Waals surface area (Å²) >= 11 is 1.59. The second-order valence-corrected chi connectivity index (χ2v) is 9.56. The Bertz CT molecular complexity index is 1350. The van der Waals surface area contributed by atoms with Crippen LogP contribution < -0.4 is 25.4 Å². The van der Waals surface area contributed by atoms with Crippen LogP contribution in [0.15, 0.2) is 42.7 Å². The molecule has 4 aromatic rings. The molecule has 2 aliphatic heterocycles. The zero-order valence-corrected chi connectivity index (χ0v) is 19.6. The second-order valence-electron chi connectivity index (χ2n) is 8.53. The number of hydrogen-bond donors (Lipinski definition) is 2. The molecule has 174 valence electrons. The Kier molecular flexibility index (Phi) is 5.31. The smallest absolute Gasteiger partial charge is 0.231 e. The summed E-state index contributed by atoms with van der Waals surface area (Å²) in [6.07, 6.45) is 1.56. The molecule has 2 aromatic carbocycles. The number of nitrogen functional groups attached to an aromatic ring is 1. The maximum Gasteiger partial charge on any atom is 0.231 e. The number of hydrogen-bond acceptors (Lipinski definition) is 10. The summed E-state index contributed by atoms with van der Waals surface area (Å²) in [5.74, 6) is 2.99. The fraction of sp³-hybridized carbons (Fsp3) is 0.292. The van der Waals surface area contributed by atoms with Crippen LogP contribution in [0.1, 0.15) is 11.1 Å². The molecule has 3 N–H and O–H groups in total. The third-order valence-electron chi connectivity index (χ3n) is 6.15. The van der Waals surface area contributed by atoms with Crippen LogP contribution in [-0.4, -0.2) is 52.8 Å². The number of ether oxygens (including phenoxy) is 2. The van der Waals surface area contributed by atoms with Crippen molar-refractivity contribution >= 4 is 44.0 Å². The van der Waals surface area contributed by atoms with Gasteiger partial charge in [-0.15, -0.1) is 0 Å². The first-order valence-electron chi connectivity index (χ1n) is 11.2. The molecule has 0 radical (unpaired) electrons.